The lowest BCUT2D eigenvalue weighted by atomic mass is 9.74. The van der Waals surface area contributed by atoms with Gasteiger partial charge in [0.1, 0.15) is 5.82 Å². The number of para-hydroxylation sites is 1. The van der Waals surface area contributed by atoms with Gasteiger partial charge < -0.3 is 15.0 Å². The van der Waals surface area contributed by atoms with E-state index >= 15 is 0 Å². The first kappa shape index (κ1) is 19.4. The third-order valence-corrected chi connectivity index (χ3v) is 5.37. The number of amides is 1. The molecule has 4 nitrogen and oxygen atoms in total. The number of nitrogens with one attached hydrogen (secondary N) is 1. The lowest BCUT2D eigenvalue weighted by molar-refractivity contribution is -0.120. The van der Waals surface area contributed by atoms with Gasteiger partial charge in [-0.25, -0.2) is 4.39 Å². The Balaban J connectivity index is 1.66. The first-order valence-corrected chi connectivity index (χ1v) is 9.53. The van der Waals surface area contributed by atoms with Gasteiger partial charge in [0, 0.05) is 37.4 Å². The Labute approximate surface area is 160 Å². The van der Waals surface area contributed by atoms with Crippen LogP contribution in [-0.2, 0) is 14.9 Å². The van der Waals surface area contributed by atoms with Crippen molar-refractivity contribution < 1.29 is 13.9 Å². The molecule has 1 aliphatic rings. The molecule has 1 aliphatic heterocycles. The summed E-state index contributed by atoms with van der Waals surface area (Å²) in [6.45, 7) is 4.95. The maximum atomic E-state index is 13.3. The fourth-order valence-corrected chi connectivity index (χ4v) is 3.65. The minimum absolute atomic E-state index is 0.00585. The van der Waals surface area contributed by atoms with Crippen molar-refractivity contribution in [1.82, 2.24) is 5.32 Å². The third-order valence-electron chi connectivity index (χ3n) is 5.37. The van der Waals surface area contributed by atoms with Crippen LogP contribution in [0.4, 0.5) is 10.1 Å². The van der Waals surface area contributed by atoms with Crippen LogP contribution in [0.3, 0.4) is 0 Å². The third kappa shape index (κ3) is 4.86. The molecule has 1 heterocycles. The van der Waals surface area contributed by atoms with Gasteiger partial charge in [0.2, 0.25) is 5.91 Å². The molecule has 3 rings (SSSR count). The van der Waals surface area contributed by atoms with Crippen molar-refractivity contribution in [3.05, 3.63) is 66.0 Å². The molecule has 1 N–H and O–H groups in total. The van der Waals surface area contributed by atoms with Gasteiger partial charge in [-0.05, 0) is 49.6 Å². The van der Waals surface area contributed by atoms with E-state index in [1.165, 1.54) is 12.1 Å². The topological polar surface area (TPSA) is 41.6 Å². The van der Waals surface area contributed by atoms with E-state index < -0.39 is 0 Å². The number of ether oxygens (including phenoxy) is 1. The van der Waals surface area contributed by atoms with E-state index in [0.717, 1.165) is 30.6 Å². The van der Waals surface area contributed by atoms with Gasteiger partial charge in [0.05, 0.1) is 6.54 Å². The van der Waals surface area contributed by atoms with Crippen molar-refractivity contribution in [2.75, 3.05) is 37.7 Å². The van der Waals surface area contributed by atoms with Gasteiger partial charge >= 0.3 is 0 Å². The lowest BCUT2D eigenvalue weighted by Gasteiger charge is -2.38. The smallest absolute Gasteiger partial charge is 0.239 e. The molecular weight excluding hydrogens is 343 g/mol. The highest BCUT2D eigenvalue weighted by Crippen LogP contribution is 2.34. The van der Waals surface area contributed by atoms with Crippen molar-refractivity contribution in [2.24, 2.45) is 0 Å². The maximum absolute atomic E-state index is 13.3. The van der Waals surface area contributed by atoms with Gasteiger partial charge in [-0.2, -0.15) is 0 Å². The zero-order chi connectivity index (χ0) is 19.1. The number of benzene rings is 2. The van der Waals surface area contributed by atoms with E-state index in [9.17, 15) is 9.18 Å². The van der Waals surface area contributed by atoms with Crippen LogP contribution in [-0.4, -0.2) is 38.8 Å². The summed E-state index contributed by atoms with van der Waals surface area (Å²) < 4.78 is 18.9. The molecule has 0 unspecified atom stereocenters. The Morgan fingerprint density at radius 2 is 1.78 bits per heavy atom. The predicted molar refractivity (Wildman–Crippen MR) is 105 cm³/mol. The van der Waals surface area contributed by atoms with E-state index in [2.05, 4.69) is 5.32 Å². The SMILES string of the molecule is CCN(CC(=O)NCC1(c2ccc(F)cc2)CCOCC1)c1ccccc1. The monoisotopic (exact) mass is 370 g/mol. The molecule has 2 aromatic rings. The number of carbonyl (C=O) groups is 1. The second-order valence-electron chi connectivity index (χ2n) is 7.03. The molecule has 0 aliphatic carbocycles. The highest BCUT2D eigenvalue weighted by atomic mass is 19.1. The molecule has 1 amide bonds. The molecule has 1 fully saturated rings. The van der Waals surface area contributed by atoms with Gasteiger partial charge in [-0.15, -0.1) is 0 Å². The summed E-state index contributed by atoms with van der Waals surface area (Å²) in [6.07, 6.45) is 1.63. The van der Waals surface area contributed by atoms with E-state index in [1.807, 2.05) is 54.3 Å². The number of nitrogens with zero attached hydrogens (tertiary/aromatic N) is 1. The van der Waals surface area contributed by atoms with E-state index in [1.54, 1.807) is 0 Å². The summed E-state index contributed by atoms with van der Waals surface area (Å²) in [5.41, 5.74) is 1.89. The van der Waals surface area contributed by atoms with Crippen LogP contribution >= 0.6 is 0 Å². The molecule has 2 aromatic carbocycles. The van der Waals surface area contributed by atoms with Crippen LogP contribution in [0.5, 0.6) is 0 Å². The van der Waals surface area contributed by atoms with E-state index in [0.29, 0.717) is 26.3 Å². The Hall–Kier alpha value is -2.40. The van der Waals surface area contributed by atoms with Crippen molar-refractivity contribution in [3.63, 3.8) is 0 Å². The standard InChI is InChI=1S/C22H27FN2O2/c1-2-25(20-6-4-3-5-7-20)16-21(26)24-17-22(12-14-27-15-13-22)18-8-10-19(23)11-9-18/h3-11H,2,12-17H2,1H3,(H,24,26). The van der Waals surface area contributed by atoms with Crippen LogP contribution in [0.15, 0.2) is 54.6 Å². The van der Waals surface area contributed by atoms with Crippen molar-refractivity contribution in [2.45, 2.75) is 25.2 Å². The summed E-state index contributed by atoms with van der Waals surface area (Å²) in [5, 5.41) is 3.11. The molecule has 5 heteroatoms. The van der Waals surface area contributed by atoms with Crippen LogP contribution in [0.1, 0.15) is 25.3 Å². The first-order chi connectivity index (χ1) is 13.1. The number of halogens is 1. The molecule has 0 bridgehead atoms. The number of carbonyl (C=O) groups excluding carboxylic acids is 1. The van der Waals surface area contributed by atoms with Crippen LogP contribution < -0.4 is 10.2 Å². The number of likely N-dealkylation sites (N-methyl/N-ethyl adjacent to an activating group) is 1. The first-order valence-electron chi connectivity index (χ1n) is 9.53. The Morgan fingerprint density at radius 1 is 1.11 bits per heavy atom. The fraction of sp³-hybridized carbons (Fsp3) is 0.409. The van der Waals surface area contributed by atoms with Crippen molar-refractivity contribution in [3.8, 4) is 0 Å². The summed E-state index contributed by atoms with van der Waals surface area (Å²) in [4.78, 5) is 14.7. The lowest BCUT2D eigenvalue weighted by Crippen LogP contribution is -2.47. The molecule has 144 valence electrons. The normalized spacial score (nSPS) is 15.9. The highest BCUT2D eigenvalue weighted by Gasteiger charge is 2.35. The Bertz CT molecular complexity index is 728. The van der Waals surface area contributed by atoms with Gasteiger partial charge in [-0.3, -0.25) is 4.79 Å². The van der Waals surface area contributed by atoms with Gasteiger partial charge in [0.25, 0.3) is 0 Å². The molecule has 0 saturated carbocycles. The fourth-order valence-electron chi connectivity index (χ4n) is 3.65. The summed E-state index contributed by atoms with van der Waals surface area (Å²) >= 11 is 0. The average Bonchev–Trinajstić information content (AvgIpc) is 2.72. The number of hydrogen-bond acceptors (Lipinski definition) is 3. The molecule has 0 aromatic heterocycles. The van der Waals surface area contributed by atoms with Crippen molar-refractivity contribution >= 4 is 11.6 Å². The average molecular weight is 370 g/mol. The maximum Gasteiger partial charge on any atom is 0.239 e. The summed E-state index contributed by atoms with van der Waals surface area (Å²) in [5.74, 6) is -0.250. The van der Waals surface area contributed by atoms with Crippen LogP contribution in [0, 0.1) is 5.82 Å². The van der Waals surface area contributed by atoms with Crippen LogP contribution in [0.2, 0.25) is 0 Å². The van der Waals surface area contributed by atoms with E-state index in [-0.39, 0.29) is 17.1 Å². The number of rotatable bonds is 7. The minimum Gasteiger partial charge on any atom is -0.381 e. The van der Waals surface area contributed by atoms with E-state index in [4.69, 9.17) is 4.74 Å². The molecule has 1 saturated heterocycles. The second-order valence-corrected chi connectivity index (χ2v) is 7.03. The van der Waals surface area contributed by atoms with Gasteiger partial charge in [-0.1, -0.05) is 30.3 Å². The highest BCUT2D eigenvalue weighted by molar-refractivity contribution is 5.81. The molecule has 0 atom stereocenters. The van der Waals surface area contributed by atoms with Crippen molar-refractivity contribution in [1.29, 1.82) is 0 Å². The second kappa shape index (κ2) is 9.00. The number of anilines is 1. The minimum atomic E-state index is -0.244. The molecule has 0 radical (unpaired) electrons. The van der Waals surface area contributed by atoms with Crippen LogP contribution in [0.25, 0.3) is 0 Å². The largest absolute Gasteiger partial charge is 0.381 e. The Kier molecular flexibility index (Phi) is 6.45. The molecule has 0 spiro atoms. The zero-order valence-electron chi connectivity index (χ0n) is 15.8. The zero-order valence-corrected chi connectivity index (χ0v) is 15.8. The predicted octanol–water partition coefficient (Wildman–Crippen LogP) is 3.52. The quantitative estimate of drug-likeness (QED) is 0.811. The Morgan fingerprint density at radius 3 is 2.41 bits per heavy atom. The molecular formula is C22H27FN2O2. The number of hydrogen-bond donors (Lipinski definition) is 1. The summed E-state index contributed by atoms with van der Waals surface area (Å²) in [6, 6.07) is 16.6. The molecule has 27 heavy (non-hydrogen) atoms. The van der Waals surface area contributed by atoms with Gasteiger partial charge in [0.15, 0.2) is 0 Å². The summed E-state index contributed by atoms with van der Waals surface area (Å²) in [7, 11) is 0.